The summed E-state index contributed by atoms with van der Waals surface area (Å²) in [5.74, 6) is 0.975. The van der Waals surface area contributed by atoms with Crippen molar-refractivity contribution >= 4 is 41.5 Å². The number of imidazole rings is 1. The number of fused-ring (bicyclic) bond motifs is 1. The number of hydrogen-bond donors (Lipinski definition) is 1. The molecule has 0 spiro atoms. The summed E-state index contributed by atoms with van der Waals surface area (Å²) in [5.41, 5.74) is 2.23. The van der Waals surface area contributed by atoms with Crippen LogP contribution in [0.2, 0.25) is 0 Å². The van der Waals surface area contributed by atoms with Gasteiger partial charge in [0.15, 0.2) is 0 Å². The number of nitrogens with one attached hydrogen (secondary N) is 1. The summed E-state index contributed by atoms with van der Waals surface area (Å²) >= 11 is 0. The van der Waals surface area contributed by atoms with Gasteiger partial charge in [0.25, 0.3) is 0 Å². The lowest BCUT2D eigenvalue weighted by Crippen LogP contribution is -2.21. The topological polar surface area (TPSA) is 55.6 Å². The second kappa shape index (κ2) is 10.5. The third-order valence-corrected chi connectivity index (χ3v) is 5.07. The van der Waals surface area contributed by atoms with Gasteiger partial charge in [-0.25, -0.2) is 15.0 Å². The molecule has 5 nitrogen and oxygen atoms in total. The maximum atomic E-state index is 4.55. The van der Waals surface area contributed by atoms with Crippen LogP contribution < -0.4 is 5.32 Å². The van der Waals surface area contributed by atoms with Crippen LogP contribution in [0.1, 0.15) is 50.5 Å². The fraction of sp³-hybridized carbons (Fsp3) is 0.450. The van der Waals surface area contributed by atoms with Crippen LogP contribution in [0.4, 0.5) is 5.82 Å². The van der Waals surface area contributed by atoms with E-state index >= 15 is 0 Å². The molecular formula is C20H27Cl2N5. The van der Waals surface area contributed by atoms with Crippen molar-refractivity contribution in [1.82, 2.24) is 19.5 Å². The predicted molar refractivity (Wildman–Crippen MR) is 115 cm³/mol. The zero-order valence-electron chi connectivity index (χ0n) is 15.4. The zero-order chi connectivity index (χ0) is 16.9. The summed E-state index contributed by atoms with van der Waals surface area (Å²) in [6.45, 7) is 0.813. The van der Waals surface area contributed by atoms with Crippen molar-refractivity contribution < 1.29 is 0 Å². The van der Waals surface area contributed by atoms with Crippen LogP contribution in [0.5, 0.6) is 0 Å². The minimum atomic E-state index is 0. The lowest BCUT2D eigenvalue weighted by Gasteiger charge is -2.22. The van der Waals surface area contributed by atoms with Crippen molar-refractivity contribution in [3.63, 3.8) is 0 Å². The maximum absolute atomic E-state index is 4.55. The molecule has 0 saturated heterocycles. The van der Waals surface area contributed by atoms with E-state index in [1.165, 1.54) is 50.5 Å². The lowest BCUT2D eigenvalue weighted by molar-refractivity contribution is 0.471. The first-order valence-corrected chi connectivity index (χ1v) is 9.34. The van der Waals surface area contributed by atoms with E-state index in [0.717, 1.165) is 23.3 Å². The Morgan fingerprint density at radius 3 is 2.52 bits per heavy atom. The second-order valence-corrected chi connectivity index (χ2v) is 7.00. The molecule has 2 aromatic heterocycles. The third-order valence-electron chi connectivity index (χ3n) is 5.07. The highest BCUT2D eigenvalue weighted by Gasteiger charge is 2.13. The second-order valence-electron chi connectivity index (χ2n) is 7.00. The van der Waals surface area contributed by atoms with Gasteiger partial charge in [0, 0.05) is 30.4 Å². The molecule has 0 radical (unpaired) electrons. The molecule has 0 aliphatic heterocycles. The molecule has 0 amide bonds. The number of benzene rings is 1. The summed E-state index contributed by atoms with van der Waals surface area (Å²) in [7, 11) is 0. The first-order chi connectivity index (χ1) is 12.4. The standard InChI is InChI=1S/C20H25N5.2ClH/c1-2-4-6-17(7-5-3-1)24-20-18-12-16(13-25-11-10-21-15-25)8-9-19(18)22-14-23-20;;/h8-12,14-15,17H,1-7,13H2,(H,22,23,24);2*1H. The monoisotopic (exact) mass is 407 g/mol. The SMILES string of the molecule is Cl.Cl.c1cn(Cc2ccc3ncnc(NC4CCCCCCC4)c3c2)cn1. The Morgan fingerprint density at radius 1 is 1.00 bits per heavy atom. The number of anilines is 1. The molecule has 1 saturated carbocycles. The van der Waals surface area contributed by atoms with Crippen LogP contribution in [0.3, 0.4) is 0 Å². The van der Waals surface area contributed by atoms with Gasteiger partial charge < -0.3 is 9.88 Å². The van der Waals surface area contributed by atoms with Crippen molar-refractivity contribution in [3.8, 4) is 0 Å². The van der Waals surface area contributed by atoms with Gasteiger partial charge >= 0.3 is 0 Å². The smallest absolute Gasteiger partial charge is 0.137 e. The van der Waals surface area contributed by atoms with Gasteiger partial charge in [-0.3, -0.25) is 0 Å². The molecule has 1 fully saturated rings. The molecule has 27 heavy (non-hydrogen) atoms. The number of halogens is 2. The minimum Gasteiger partial charge on any atom is -0.367 e. The Bertz CT molecular complexity index is 814. The Morgan fingerprint density at radius 2 is 1.78 bits per heavy atom. The van der Waals surface area contributed by atoms with Crippen LogP contribution in [0, 0.1) is 0 Å². The van der Waals surface area contributed by atoms with E-state index in [2.05, 4.69) is 43.0 Å². The molecule has 0 bridgehead atoms. The number of hydrogen-bond acceptors (Lipinski definition) is 4. The zero-order valence-corrected chi connectivity index (χ0v) is 17.0. The van der Waals surface area contributed by atoms with Crippen LogP contribution >= 0.6 is 24.8 Å². The van der Waals surface area contributed by atoms with Gasteiger partial charge in [-0.05, 0) is 30.5 Å². The van der Waals surface area contributed by atoms with Crippen molar-refractivity contribution in [1.29, 1.82) is 0 Å². The Hall–Kier alpha value is -1.85. The first-order valence-electron chi connectivity index (χ1n) is 9.34. The Kier molecular flexibility index (Phi) is 8.32. The molecule has 2 heterocycles. The Labute approximate surface area is 172 Å². The Balaban J connectivity index is 0.00000131. The van der Waals surface area contributed by atoms with Crippen LogP contribution in [0.25, 0.3) is 10.9 Å². The molecule has 1 N–H and O–H groups in total. The normalized spacial score (nSPS) is 15.3. The van der Waals surface area contributed by atoms with Crippen molar-refractivity contribution in [2.24, 2.45) is 0 Å². The number of aromatic nitrogens is 4. The highest BCUT2D eigenvalue weighted by molar-refractivity contribution is 5.89. The van der Waals surface area contributed by atoms with E-state index in [9.17, 15) is 0 Å². The van der Waals surface area contributed by atoms with Gasteiger partial charge in [0.1, 0.15) is 12.1 Å². The van der Waals surface area contributed by atoms with Crippen LogP contribution in [-0.4, -0.2) is 25.6 Å². The third kappa shape index (κ3) is 5.56. The largest absolute Gasteiger partial charge is 0.367 e. The summed E-state index contributed by atoms with van der Waals surface area (Å²) < 4.78 is 2.08. The molecule has 146 valence electrons. The molecule has 7 heteroatoms. The summed E-state index contributed by atoms with van der Waals surface area (Å²) in [5, 5.41) is 4.82. The lowest BCUT2D eigenvalue weighted by atomic mass is 9.96. The van der Waals surface area contributed by atoms with Crippen molar-refractivity contribution in [2.45, 2.75) is 57.5 Å². The fourth-order valence-electron chi connectivity index (χ4n) is 3.70. The van der Waals surface area contributed by atoms with E-state index in [1.807, 2.05) is 18.7 Å². The van der Waals surface area contributed by atoms with E-state index in [1.54, 1.807) is 6.33 Å². The minimum absolute atomic E-state index is 0. The molecule has 3 aromatic rings. The molecule has 1 aliphatic carbocycles. The summed E-state index contributed by atoms with van der Waals surface area (Å²) in [6.07, 6.45) is 16.5. The van der Waals surface area contributed by atoms with Gasteiger partial charge in [0.05, 0.1) is 11.8 Å². The number of rotatable bonds is 4. The highest BCUT2D eigenvalue weighted by Crippen LogP contribution is 2.25. The molecular weight excluding hydrogens is 381 g/mol. The predicted octanol–water partition coefficient (Wildman–Crippen LogP) is 5.24. The first kappa shape index (κ1) is 21.5. The van der Waals surface area contributed by atoms with Gasteiger partial charge in [-0.1, -0.05) is 38.2 Å². The molecule has 1 aliphatic rings. The maximum Gasteiger partial charge on any atom is 0.137 e. The van der Waals surface area contributed by atoms with Crippen molar-refractivity contribution in [3.05, 3.63) is 48.8 Å². The van der Waals surface area contributed by atoms with E-state index in [0.29, 0.717) is 6.04 Å². The van der Waals surface area contributed by atoms with E-state index in [4.69, 9.17) is 0 Å². The number of nitrogens with zero attached hydrogens (tertiary/aromatic N) is 4. The molecule has 1 aromatic carbocycles. The molecule has 0 atom stereocenters. The average Bonchev–Trinajstić information content (AvgIpc) is 3.10. The summed E-state index contributed by atoms with van der Waals surface area (Å²) in [4.78, 5) is 13.1. The van der Waals surface area contributed by atoms with Gasteiger partial charge in [-0.15, -0.1) is 24.8 Å². The quantitative estimate of drug-likeness (QED) is 0.641. The molecule has 4 rings (SSSR count). The van der Waals surface area contributed by atoms with Crippen LogP contribution in [-0.2, 0) is 6.54 Å². The fourth-order valence-corrected chi connectivity index (χ4v) is 3.70. The average molecular weight is 408 g/mol. The highest BCUT2D eigenvalue weighted by atomic mass is 35.5. The van der Waals surface area contributed by atoms with Crippen LogP contribution in [0.15, 0.2) is 43.2 Å². The van der Waals surface area contributed by atoms with Gasteiger partial charge in [-0.2, -0.15) is 0 Å². The van der Waals surface area contributed by atoms with Gasteiger partial charge in [0.2, 0.25) is 0 Å². The van der Waals surface area contributed by atoms with E-state index in [-0.39, 0.29) is 24.8 Å². The van der Waals surface area contributed by atoms with E-state index < -0.39 is 0 Å². The van der Waals surface area contributed by atoms with Crippen molar-refractivity contribution in [2.75, 3.05) is 5.32 Å². The molecule has 0 unspecified atom stereocenters. The summed E-state index contributed by atoms with van der Waals surface area (Å²) in [6, 6.07) is 6.96.